The standard InChI is InChI=1S/C20H20N2O4S/c1-4-26-19(24)17-11-27-20(21-17)22-18(23)12(2)13-5-6-15-10-16(25-3)8-7-14(15)9-13/h5-12H,4H2,1-3H3,(H,21,22,23). The van der Waals surface area contributed by atoms with Crippen LogP contribution in [0.25, 0.3) is 10.8 Å². The molecule has 0 spiro atoms. The molecule has 1 unspecified atom stereocenters. The molecule has 3 aromatic rings. The van der Waals surface area contributed by atoms with Crippen molar-refractivity contribution < 1.29 is 19.1 Å². The quantitative estimate of drug-likeness (QED) is 0.644. The van der Waals surface area contributed by atoms with Crippen LogP contribution in [0.3, 0.4) is 0 Å². The zero-order valence-electron chi connectivity index (χ0n) is 15.3. The van der Waals surface area contributed by atoms with Crippen molar-refractivity contribution in [3.8, 4) is 5.75 Å². The number of ether oxygens (including phenoxy) is 2. The Kier molecular flexibility index (Phi) is 5.71. The van der Waals surface area contributed by atoms with Gasteiger partial charge in [-0.3, -0.25) is 4.79 Å². The molecule has 6 nitrogen and oxygen atoms in total. The van der Waals surface area contributed by atoms with Crippen molar-refractivity contribution in [2.45, 2.75) is 19.8 Å². The van der Waals surface area contributed by atoms with Gasteiger partial charge in [-0.25, -0.2) is 9.78 Å². The maximum atomic E-state index is 12.6. The Labute approximate surface area is 161 Å². The van der Waals surface area contributed by atoms with Crippen LogP contribution >= 0.6 is 11.3 Å². The summed E-state index contributed by atoms with van der Waals surface area (Å²) in [5.41, 5.74) is 1.09. The molecular weight excluding hydrogens is 364 g/mol. The minimum atomic E-state index is -0.493. The molecule has 1 atom stereocenters. The van der Waals surface area contributed by atoms with E-state index in [-0.39, 0.29) is 24.1 Å². The Balaban J connectivity index is 1.73. The molecule has 1 amide bonds. The highest BCUT2D eigenvalue weighted by atomic mass is 32.1. The summed E-state index contributed by atoms with van der Waals surface area (Å²) in [6, 6.07) is 11.7. The number of nitrogens with one attached hydrogen (secondary N) is 1. The van der Waals surface area contributed by atoms with Gasteiger partial charge < -0.3 is 14.8 Å². The first-order valence-electron chi connectivity index (χ1n) is 8.53. The van der Waals surface area contributed by atoms with Crippen LogP contribution in [-0.4, -0.2) is 30.6 Å². The van der Waals surface area contributed by atoms with Gasteiger partial charge in [0.1, 0.15) is 5.75 Å². The van der Waals surface area contributed by atoms with Crippen LogP contribution in [0, 0.1) is 0 Å². The third-order valence-electron chi connectivity index (χ3n) is 4.18. The molecule has 1 aromatic heterocycles. The van der Waals surface area contributed by atoms with Crippen molar-refractivity contribution in [3.05, 3.63) is 53.0 Å². The predicted molar refractivity (Wildman–Crippen MR) is 106 cm³/mol. The normalized spacial score (nSPS) is 11.8. The van der Waals surface area contributed by atoms with Gasteiger partial charge in [0.05, 0.1) is 19.6 Å². The summed E-state index contributed by atoms with van der Waals surface area (Å²) >= 11 is 1.19. The first-order chi connectivity index (χ1) is 13.0. The molecule has 1 N–H and O–H groups in total. The second kappa shape index (κ2) is 8.18. The molecule has 27 heavy (non-hydrogen) atoms. The number of methoxy groups -OCH3 is 1. The molecule has 0 radical (unpaired) electrons. The topological polar surface area (TPSA) is 77.5 Å². The number of amides is 1. The van der Waals surface area contributed by atoms with Gasteiger partial charge in [-0.1, -0.05) is 24.3 Å². The number of carbonyl (C=O) groups excluding carboxylic acids is 2. The Morgan fingerprint density at radius 1 is 1.19 bits per heavy atom. The van der Waals surface area contributed by atoms with E-state index in [9.17, 15) is 9.59 Å². The molecule has 1 heterocycles. The number of carbonyl (C=O) groups is 2. The first kappa shape index (κ1) is 18.8. The average molecular weight is 384 g/mol. The molecule has 140 valence electrons. The van der Waals surface area contributed by atoms with Gasteiger partial charge in [-0.15, -0.1) is 11.3 Å². The van der Waals surface area contributed by atoms with Crippen molar-refractivity contribution in [1.29, 1.82) is 0 Å². The Bertz CT molecular complexity index is 983. The van der Waals surface area contributed by atoms with Crippen molar-refractivity contribution >= 4 is 39.1 Å². The number of aromatic nitrogens is 1. The zero-order valence-corrected chi connectivity index (χ0v) is 16.1. The van der Waals surface area contributed by atoms with Crippen LogP contribution < -0.4 is 10.1 Å². The SMILES string of the molecule is CCOC(=O)c1csc(NC(=O)C(C)c2ccc3cc(OC)ccc3c2)n1. The van der Waals surface area contributed by atoms with Crippen molar-refractivity contribution in [2.24, 2.45) is 0 Å². The lowest BCUT2D eigenvalue weighted by Gasteiger charge is -2.12. The zero-order chi connectivity index (χ0) is 19.4. The van der Waals surface area contributed by atoms with E-state index in [1.165, 1.54) is 11.3 Å². The summed E-state index contributed by atoms with van der Waals surface area (Å²) in [6.07, 6.45) is 0. The molecule has 0 saturated carbocycles. The first-order valence-corrected chi connectivity index (χ1v) is 9.41. The van der Waals surface area contributed by atoms with E-state index in [0.29, 0.717) is 5.13 Å². The molecular formula is C20H20N2O4S. The van der Waals surface area contributed by atoms with Crippen LogP contribution in [0.1, 0.15) is 35.8 Å². The lowest BCUT2D eigenvalue weighted by molar-refractivity contribution is -0.117. The number of nitrogens with zero attached hydrogens (tertiary/aromatic N) is 1. The van der Waals surface area contributed by atoms with Gasteiger partial charge in [0.25, 0.3) is 0 Å². The van der Waals surface area contributed by atoms with E-state index in [1.54, 1.807) is 19.4 Å². The summed E-state index contributed by atoms with van der Waals surface area (Å²) in [5, 5.41) is 6.79. The number of anilines is 1. The molecule has 0 aliphatic heterocycles. The monoisotopic (exact) mass is 384 g/mol. The molecule has 3 rings (SSSR count). The van der Waals surface area contributed by atoms with Crippen LogP contribution in [0.4, 0.5) is 5.13 Å². The highest BCUT2D eigenvalue weighted by molar-refractivity contribution is 7.14. The number of benzene rings is 2. The summed E-state index contributed by atoms with van der Waals surface area (Å²) < 4.78 is 10.1. The lowest BCUT2D eigenvalue weighted by Crippen LogP contribution is -2.19. The number of hydrogen-bond acceptors (Lipinski definition) is 6. The fourth-order valence-electron chi connectivity index (χ4n) is 2.63. The number of rotatable bonds is 6. The van der Waals surface area contributed by atoms with Crippen LogP contribution in [0.5, 0.6) is 5.75 Å². The van der Waals surface area contributed by atoms with Crippen molar-refractivity contribution in [1.82, 2.24) is 4.98 Å². The van der Waals surface area contributed by atoms with Gasteiger partial charge in [-0.2, -0.15) is 0 Å². The molecule has 2 aromatic carbocycles. The molecule has 0 fully saturated rings. The van der Waals surface area contributed by atoms with E-state index in [4.69, 9.17) is 9.47 Å². The van der Waals surface area contributed by atoms with Crippen molar-refractivity contribution in [2.75, 3.05) is 19.0 Å². The van der Waals surface area contributed by atoms with E-state index < -0.39 is 5.97 Å². The van der Waals surface area contributed by atoms with Crippen LogP contribution in [0.15, 0.2) is 41.8 Å². The minimum absolute atomic E-state index is 0.187. The smallest absolute Gasteiger partial charge is 0.357 e. The number of thiazole rings is 1. The molecule has 0 aliphatic carbocycles. The van der Waals surface area contributed by atoms with Crippen LogP contribution in [0.2, 0.25) is 0 Å². The maximum Gasteiger partial charge on any atom is 0.357 e. The molecule has 0 aliphatic rings. The van der Waals surface area contributed by atoms with Gasteiger partial charge in [-0.05, 0) is 42.3 Å². The lowest BCUT2D eigenvalue weighted by atomic mass is 9.97. The molecule has 0 bridgehead atoms. The van der Waals surface area contributed by atoms with Gasteiger partial charge in [0.15, 0.2) is 10.8 Å². The highest BCUT2D eigenvalue weighted by Gasteiger charge is 2.18. The maximum absolute atomic E-state index is 12.6. The number of hydrogen-bond donors (Lipinski definition) is 1. The third kappa shape index (κ3) is 4.25. The van der Waals surface area contributed by atoms with E-state index >= 15 is 0 Å². The Morgan fingerprint density at radius 2 is 1.93 bits per heavy atom. The Hall–Kier alpha value is -2.93. The molecule has 0 saturated heterocycles. The summed E-state index contributed by atoms with van der Waals surface area (Å²) in [4.78, 5) is 28.4. The minimum Gasteiger partial charge on any atom is -0.497 e. The van der Waals surface area contributed by atoms with E-state index in [2.05, 4.69) is 10.3 Å². The molecule has 7 heteroatoms. The highest BCUT2D eigenvalue weighted by Crippen LogP contribution is 2.26. The van der Waals surface area contributed by atoms with E-state index in [1.807, 2.05) is 43.3 Å². The second-order valence-electron chi connectivity index (χ2n) is 5.94. The number of esters is 1. The summed E-state index contributed by atoms with van der Waals surface area (Å²) in [5.74, 6) is -0.256. The van der Waals surface area contributed by atoms with Gasteiger partial charge >= 0.3 is 5.97 Å². The number of fused-ring (bicyclic) bond motifs is 1. The van der Waals surface area contributed by atoms with Crippen molar-refractivity contribution in [3.63, 3.8) is 0 Å². The summed E-state index contributed by atoms with van der Waals surface area (Å²) in [6.45, 7) is 3.84. The fraction of sp³-hybridized carbons (Fsp3) is 0.250. The van der Waals surface area contributed by atoms with Gasteiger partial charge in [0, 0.05) is 5.38 Å². The predicted octanol–water partition coefficient (Wildman–Crippen LogP) is 4.22. The van der Waals surface area contributed by atoms with E-state index in [0.717, 1.165) is 22.1 Å². The summed E-state index contributed by atoms with van der Waals surface area (Å²) in [7, 11) is 1.63. The van der Waals surface area contributed by atoms with Crippen LogP contribution in [-0.2, 0) is 9.53 Å². The van der Waals surface area contributed by atoms with Gasteiger partial charge in [0.2, 0.25) is 5.91 Å². The second-order valence-corrected chi connectivity index (χ2v) is 6.80. The largest absolute Gasteiger partial charge is 0.497 e. The average Bonchev–Trinajstić information content (AvgIpc) is 3.15. The third-order valence-corrected chi connectivity index (χ3v) is 4.94. The Morgan fingerprint density at radius 3 is 2.67 bits per heavy atom. The fourth-order valence-corrected chi connectivity index (χ4v) is 3.32.